The van der Waals surface area contributed by atoms with Crippen molar-refractivity contribution in [2.75, 3.05) is 19.8 Å². The number of hydrogen-bond acceptors (Lipinski definition) is 5. The highest BCUT2D eigenvalue weighted by molar-refractivity contribution is 5.92. The molecule has 0 unspecified atom stereocenters. The molecule has 0 atom stereocenters. The number of aromatic nitrogens is 1. The average molecular weight is 366 g/mol. The summed E-state index contributed by atoms with van der Waals surface area (Å²) in [5.74, 6) is -3.82. The van der Waals surface area contributed by atoms with Crippen LogP contribution < -0.4 is 5.32 Å². The Labute approximate surface area is 147 Å². The number of amides is 1. The number of nitrogens with zero attached hydrogens (tertiary/aromatic N) is 1. The van der Waals surface area contributed by atoms with E-state index in [4.69, 9.17) is 9.15 Å². The van der Waals surface area contributed by atoms with E-state index < -0.39 is 34.5 Å². The molecule has 0 aliphatic carbocycles. The first-order chi connectivity index (χ1) is 12.4. The summed E-state index contributed by atoms with van der Waals surface area (Å²) in [7, 11) is 0. The molecule has 1 fully saturated rings. The van der Waals surface area contributed by atoms with E-state index >= 15 is 0 Å². The van der Waals surface area contributed by atoms with E-state index in [2.05, 4.69) is 10.3 Å². The number of rotatable bonds is 5. The predicted octanol–water partition coefficient (Wildman–Crippen LogP) is 2.23. The van der Waals surface area contributed by atoms with Crippen molar-refractivity contribution in [2.45, 2.75) is 12.8 Å². The molecule has 2 N–H and O–H groups in total. The van der Waals surface area contributed by atoms with E-state index in [9.17, 15) is 23.5 Å². The zero-order valence-electron chi connectivity index (χ0n) is 13.6. The lowest BCUT2D eigenvalue weighted by molar-refractivity contribution is -0.154. The Balaban J connectivity index is 1.73. The molecule has 0 spiro atoms. The zero-order valence-corrected chi connectivity index (χ0v) is 13.6. The van der Waals surface area contributed by atoms with Crippen molar-refractivity contribution in [2.24, 2.45) is 5.41 Å². The SMILES string of the molecule is O=C(NCC1(C(=O)O)CCOCC1)c1coc(-c2c(F)cccc2F)n1. The van der Waals surface area contributed by atoms with Crippen LogP contribution in [0.3, 0.4) is 0 Å². The van der Waals surface area contributed by atoms with Crippen molar-refractivity contribution in [3.05, 3.63) is 41.8 Å². The molecule has 0 saturated carbocycles. The molecular formula is C17H16F2N2O5. The summed E-state index contributed by atoms with van der Waals surface area (Å²) in [6.07, 6.45) is 1.51. The van der Waals surface area contributed by atoms with Gasteiger partial charge >= 0.3 is 5.97 Å². The van der Waals surface area contributed by atoms with Crippen LogP contribution in [0, 0.1) is 17.0 Å². The van der Waals surface area contributed by atoms with Gasteiger partial charge in [0.05, 0.1) is 5.41 Å². The monoisotopic (exact) mass is 366 g/mol. The van der Waals surface area contributed by atoms with Crippen molar-refractivity contribution in [3.63, 3.8) is 0 Å². The highest BCUT2D eigenvalue weighted by Gasteiger charge is 2.40. The zero-order chi connectivity index (χ0) is 18.7. The third-order valence-corrected chi connectivity index (χ3v) is 4.40. The summed E-state index contributed by atoms with van der Waals surface area (Å²) < 4.78 is 37.7. The van der Waals surface area contributed by atoms with Crippen LogP contribution in [0.2, 0.25) is 0 Å². The number of ether oxygens (including phenoxy) is 1. The van der Waals surface area contributed by atoms with Crippen LogP contribution in [0.25, 0.3) is 11.5 Å². The molecule has 9 heteroatoms. The summed E-state index contributed by atoms with van der Waals surface area (Å²) in [5, 5.41) is 12.0. The minimum absolute atomic E-state index is 0.110. The van der Waals surface area contributed by atoms with E-state index in [0.717, 1.165) is 18.4 Å². The Morgan fingerprint density at radius 1 is 1.23 bits per heavy atom. The average Bonchev–Trinajstić information content (AvgIpc) is 3.10. The number of hydrogen-bond donors (Lipinski definition) is 2. The van der Waals surface area contributed by atoms with E-state index in [1.54, 1.807) is 0 Å². The molecule has 7 nitrogen and oxygen atoms in total. The number of halogens is 2. The maximum Gasteiger partial charge on any atom is 0.311 e. The van der Waals surface area contributed by atoms with Crippen LogP contribution in [0.5, 0.6) is 0 Å². The Kier molecular flexibility index (Phi) is 4.99. The van der Waals surface area contributed by atoms with Crippen LogP contribution in [-0.4, -0.2) is 41.7 Å². The maximum atomic E-state index is 13.8. The van der Waals surface area contributed by atoms with Crippen LogP contribution in [-0.2, 0) is 9.53 Å². The van der Waals surface area contributed by atoms with Gasteiger partial charge in [-0.1, -0.05) is 6.07 Å². The number of carbonyl (C=O) groups excluding carboxylic acids is 1. The maximum absolute atomic E-state index is 13.8. The molecule has 138 valence electrons. The van der Waals surface area contributed by atoms with Crippen LogP contribution in [0.4, 0.5) is 8.78 Å². The van der Waals surface area contributed by atoms with Gasteiger partial charge in [0, 0.05) is 19.8 Å². The van der Waals surface area contributed by atoms with Gasteiger partial charge in [-0.05, 0) is 25.0 Å². The number of benzene rings is 1. The third-order valence-electron chi connectivity index (χ3n) is 4.40. The smallest absolute Gasteiger partial charge is 0.311 e. The first-order valence-electron chi connectivity index (χ1n) is 7.92. The number of carboxylic acid groups (broad SMARTS) is 1. The Morgan fingerprint density at radius 3 is 2.50 bits per heavy atom. The summed E-state index contributed by atoms with van der Waals surface area (Å²) in [5.41, 5.74) is -1.79. The topological polar surface area (TPSA) is 102 Å². The lowest BCUT2D eigenvalue weighted by Crippen LogP contribution is -2.46. The molecule has 0 bridgehead atoms. The fourth-order valence-corrected chi connectivity index (χ4v) is 2.76. The molecule has 0 radical (unpaired) electrons. The summed E-state index contributed by atoms with van der Waals surface area (Å²) in [4.78, 5) is 27.6. The first-order valence-corrected chi connectivity index (χ1v) is 7.92. The van der Waals surface area contributed by atoms with Crippen LogP contribution in [0.1, 0.15) is 23.3 Å². The standard InChI is InChI=1S/C17H16F2N2O5/c18-10-2-1-3-11(19)13(10)15-21-12(8-26-15)14(22)20-9-17(16(23)24)4-6-25-7-5-17/h1-3,8H,4-7,9H2,(H,20,22)(H,23,24). The summed E-state index contributed by atoms with van der Waals surface area (Å²) >= 11 is 0. The quantitative estimate of drug-likeness (QED) is 0.841. The minimum Gasteiger partial charge on any atom is -0.481 e. The lowest BCUT2D eigenvalue weighted by Gasteiger charge is -2.32. The second-order valence-corrected chi connectivity index (χ2v) is 6.02. The fraction of sp³-hybridized carbons (Fsp3) is 0.353. The first kappa shape index (κ1) is 18.0. The molecule has 1 aliphatic rings. The van der Waals surface area contributed by atoms with Crippen molar-refractivity contribution in [1.29, 1.82) is 0 Å². The van der Waals surface area contributed by atoms with E-state index in [-0.39, 0.29) is 31.0 Å². The number of nitrogens with one attached hydrogen (secondary N) is 1. The van der Waals surface area contributed by atoms with Crippen LogP contribution in [0.15, 0.2) is 28.9 Å². The lowest BCUT2D eigenvalue weighted by atomic mass is 9.80. The van der Waals surface area contributed by atoms with Gasteiger partial charge in [-0.3, -0.25) is 9.59 Å². The second-order valence-electron chi connectivity index (χ2n) is 6.02. The van der Waals surface area contributed by atoms with Crippen molar-refractivity contribution >= 4 is 11.9 Å². The van der Waals surface area contributed by atoms with Gasteiger partial charge in [0.25, 0.3) is 5.91 Å². The Hall–Kier alpha value is -2.81. The molecule has 1 aromatic carbocycles. The Bertz CT molecular complexity index is 810. The van der Waals surface area contributed by atoms with Gasteiger partial charge in [0.1, 0.15) is 23.5 Å². The normalized spacial score (nSPS) is 16.2. The van der Waals surface area contributed by atoms with Gasteiger partial charge < -0.3 is 19.6 Å². The molecule has 1 aromatic heterocycles. The van der Waals surface area contributed by atoms with Crippen molar-refractivity contribution in [3.8, 4) is 11.5 Å². The van der Waals surface area contributed by atoms with Gasteiger partial charge in [-0.2, -0.15) is 0 Å². The highest BCUT2D eigenvalue weighted by atomic mass is 19.1. The third kappa shape index (κ3) is 3.43. The predicted molar refractivity (Wildman–Crippen MR) is 84.3 cm³/mol. The number of carbonyl (C=O) groups is 2. The Morgan fingerprint density at radius 2 is 1.88 bits per heavy atom. The molecule has 3 rings (SSSR count). The molecule has 2 aromatic rings. The van der Waals surface area contributed by atoms with E-state index in [1.807, 2.05) is 0 Å². The van der Waals surface area contributed by atoms with Gasteiger partial charge in [0.15, 0.2) is 5.69 Å². The van der Waals surface area contributed by atoms with Crippen molar-refractivity contribution in [1.82, 2.24) is 10.3 Å². The van der Waals surface area contributed by atoms with Gasteiger partial charge in [-0.15, -0.1) is 0 Å². The molecule has 1 amide bonds. The molecular weight excluding hydrogens is 350 g/mol. The minimum atomic E-state index is -1.11. The van der Waals surface area contributed by atoms with E-state index in [1.165, 1.54) is 6.07 Å². The largest absolute Gasteiger partial charge is 0.481 e. The molecule has 1 aliphatic heterocycles. The van der Waals surface area contributed by atoms with Gasteiger partial charge in [0.2, 0.25) is 5.89 Å². The van der Waals surface area contributed by atoms with Crippen LogP contribution >= 0.6 is 0 Å². The van der Waals surface area contributed by atoms with E-state index in [0.29, 0.717) is 13.2 Å². The van der Waals surface area contributed by atoms with Crippen molar-refractivity contribution < 1.29 is 32.6 Å². The molecule has 26 heavy (non-hydrogen) atoms. The molecule has 2 heterocycles. The summed E-state index contributed by atoms with van der Waals surface area (Å²) in [6, 6.07) is 3.29. The molecule has 1 saturated heterocycles. The second kappa shape index (κ2) is 7.20. The number of carboxylic acids is 1. The summed E-state index contributed by atoms with van der Waals surface area (Å²) in [6.45, 7) is 0.479. The highest BCUT2D eigenvalue weighted by Crippen LogP contribution is 2.30. The number of oxazole rings is 1. The number of aliphatic carboxylic acids is 1. The fourth-order valence-electron chi connectivity index (χ4n) is 2.76. The van der Waals surface area contributed by atoms with Gasteiger partial charge in [-0.25, -0.2) is 13.8 Å².